The van der Waals surface area contributed by atoms with E-state index in [2.05, 4.69) is 36.4 Å². The molecule has 0 atom stereocenters. The van der Waals surface area contributed by atoms with E-state index in [1.165, 1.54) is 11.4 Å². The Kier molecular flexibility index (Phi) is 2.75. The van der Waals surface area contributed by atoms with Crippen molar-refractivity contribution in [3.05, 3.63) is 17.5 Å². The van der Waals surface area contributed by atoms with Gasteiger partial charge in [-0.3, -0.25) is 0 Å². The standard InChI is InChI=1S/C8H13NS/c1-3-6-9(2)8-5-4-7-10-8/h4-5,7H,3,6H2,1-2H3. The number of hydrogen-bond donors (Lipinski definition) is 0. The summed E-state index contributed by atoms with van der Waals surface area (Å²) in [5.74, 6) is 0. The highest BCUT2D eigenvalue weighted by molar-refractivity contribution is 7.14. The molecule has 0 unspecified atom stereocenters. The van der Waals surface area contributed by atoms with Crippen LogP contribution in [0.4, 0.5) is 5.00 Å². The minimum absolute atomic E-state index is 1.15. The van der Waals surface area contributed by atoms with E-state index in [9.17, 15) is 0 Å². The molecule has 1 aromatic rings. The van der Waals surface area contributed by atoms with Crippen LogP contribution in [0.5, 0.6) is 0 Å². The largest absolute Gasteiger partial charge is 0.367 e. The van der Waals surface area contributed by atoms with Gasteiger partial charge in [0.25, 0.3) is 0 Å². The van der Waals surface area contributed by atoms with Crippen LogP contribution in [0.1, 0.15) is 13.3 Å². The molecule has 1 nitrogen and oxygen atoms in total. The van der Waals surface area contributed by atoms with Crippen molar-refractivity contribution in [2.75, 3.05) is 18.5 Å². The monoisotopic (exact) mass is 155 g/mol. The third-order valence-corrected chi connectivity index (χ3v) is 2.42. The average molecular weight is 155 g/mol. The lowest BCUT2D eigenvalue weighted by Gasteiger charge is -2.14. The molecule has 0 aliphatic carbocycles. The third-order valence-electron chi connectivity index (χ3n) is 1.44. The first kappa shape index (κ1) is 7.61. The van der Waals surface area contributed by atoms with Crippen molar-refractivity contribution < 1.29 is 0 Å². The molecule has 2 heteroatoms. The molecular formula is C8H13NS. The van der Waals surface area contributed by atoms with E-state index >= 15 is 0 Å². The van der Waals surface area contributed by atoms with E-state index in [1.807, 2.05) is 0 Å². The van der Waals surface area contributed by atoms with Gasteiger partial charge in [-0.15, -0.1) is 11.3 Å². The molecule has 0 aromatic carbocycles. The Bertz CT molecular complexity index is 169. The highest BCUT2D eigenvalue weighted by Crippen LogP contribution is 2.19. The van der Waals surface area contributed by atoms with Crippen LogP contribution in [0.25, 0.3) is 0 Å². The van der Waals surface area contributed by atoms with Crippen molar-refractivity contribution in [3.8, 4) is 0 Å². The Balaban J connectivity index is 2.50. The fourth-order valence-corrected chi connectivity index (χ4v) is 1.66. The minimum atomic E-state index is 1.15. The van der Waals surface area contributed by atoms with Gasteiger partial charge in [-0.2, -0.15) is 0 Å². The smallest absolute Gasteiger partial charge is 0.0905 e. The summed E-state index contributed by atoms with van der Waals surface area (Å²) in [6.45, 7) is 3.35. The highest BCUT2D eigenvalue weighted by Gasteiger charge is 1.97. The summed E-state index contributed by atoms with van der Waals surface area (Å²) < 4.78 is 0. The van der Waals surface area contributed by atoms with Crippen LogP contribution in [0, 0.1) is 0 Å². The van der Waals surface area contributed by atoms with E-state index < -0.39 is 0 Å². The average Bonchev–Trinajstić information content (AvgIpc) is 2.38. The van der Waals surface area contributed by atoms with Crippen LogP contribution in [0.15, 0.2) is 17.5 Å². The van der Waals surface area contributed by atoms with Crippen LogP contribution in [-0.4, -0.2) is 13.6 Å². The number of thiophene rings is 1. The number of nitrogens with zero attached hydrogens (tertiary/aromatic N) is 1. The predicted molar refractivity (Wildman–Crippen MR) is 47.9 cm³/mol. The van der Waals surface area contributed by atoms with Gasteiger partial charge in [0, 0.05) is 13.6 Å². The van der Waals surface area contributed by atoms with Crippen molar-refractivity contribution in [2.45, 2.75) is 13.3 Å². The minimum Gasteiger partial charge on any atom is -0.367 e. The Morgan fingerprint density at radius 3 is 2.90 bits per heavy atom. The molecule has 1 heterocycles. The lowest BCUT2D eigenvalue weighted by Crippen LogP contribution is -2.15. The van der Waals surface area contributed by atoms with Gasteiger partial charge in [-0.05, 0) is 23.9 Å². The van der Waals surface area contributed by atoms with Crippen LogP contribution in [0.2, 0.25) is 0 Å². The Morgan fingerprint density at radius 2 is 2.40 bits per heavy atom. The first-order valence-electron chi connectivity index (χ1n) is 3.59. The van der Waals surface area contributed by atoms with Gasteiger partial charge < -0.3 is 4.90 Å². The summed E-state index contributed by atoms with van der Waals surface area (Å²) in [6.07, 6.45) is 1.22. The molecule has 1 rings (SSSR count). The van der Waals surface area contributed by atoms with Crippen molar-refractivity contribution in [2.24, 2.45) is 0 Å². The molecule has 0 amide bonds. The molecule has 0 aliphatic heterocycles. The molecule has 0 fully saturated rings. The summed E-state index contributed by atoms with van der Waals surface area (Å²) in [5, 5.41) is 3.48. The normalized spacial score (nSPS) is 9.80. The maximum absolute atomic E-state index is 2.28. The first-order valence-corrected chi connectivity index (χ1v) is 4.47. The molecule has 0 aliphatic rings. The molecule has 0 saturated carbocycles. The second kappa shape index (κ2) is 3.62. The molecule has 1 aromatic heterocycles. The molecule has 0 bridgehead atoms. The quantitative estimate of drug-likeness (QED) is 0.648. The van der Waals surface area contributed by atoms with Gasteiger partial charge >= 0.3 is 0 Å². The topological polar surface area (TPSA) is 3.24 Å². The Morgan fingerprint density at radius 1 is 1.60 bits per heavy atom. The zero-order chi connectivity index (χ0) is 7.40. The van der Waals surface area contributed by atoms with Gasteiger partial charge in [-0.25, -0.2) is 0 Å². The van der Waals surface area contributed by atoms with Gasteiger partial charge in [-0.1, -0.05) is 6.92 Å². The number of rotatable bonds is 3. The zero-order valence-corrected chi connectivity index (χ0v) is 7.32. The van der Waals surface area contributed by atoms with E-state index in [4.69, 9.17) is 0 Å². The van der Waals surface area contributed by atoms with E-state index in [-0.39, 0.29) is 0 Å². The van der Waals surface area contributed by atoms with Crippen molar-refractivity contribution in [1.29, 1.82) is 0 Å². The van der Waals surface area contributed by atoms with Crippen LogP contribution < -0.4 is 4.90 Å². The molecule has 0 spiro atoms. The summed E-state index contributed by atoms with van der Waals surface area (Å²) >= 11 is 1.80. The Labute approximate surface area is 66.3 Å². The molecule has 0 saturated heterocycles. The summed E-state index contributed by atoms with van der Waals surface area (Å²) in [7, 11) is 2.13. The van der Waals surface area contributed by atoms with Crippen LogP contribution >= 0.6 is 11.3 Å². The third kappa shape index (κ3) is 1.74. The number of hydrogen-bond acceptors (Lipinski definition) is 2. The molecular weight excluding hydrogens is 142 g/mol. The molecule has 0 N–H and O–H groups in total. The summed E-state index contributed by atoms with van der Waals surface area (Å²) in [4.78, 5) is 2.28. The first-order chi connectivity index (χ1) is 4.84. The summed E-state index contributed by atoms with van der Waals surface area (Å²) in [5.41, 5.74) is 0. The van der Waals surface area contributed by atoms with Crippen LogP contribution in [0.3, 0.4) is 0 Å². The summed E-state index contributed by atoms with van der Waals surface area (Å²) in [6, 6.07) is 4.24. The fraction of sp³-hybridized carbons (Fsp3) is 0.500. The van der Waals surface area contributed by atoms with Gasteiger partial charge in [0.2, 0.25) is 0 Å². The van der Waals surface area contributed by atoms with Gasteiger partial charge in [0.05, 0.1) is 5.00 Å². The highest BCUT2D eigenvalue weighted by atomic mass is 32.1. The SMILES string of the molecule is CCCN(C)c1cccs1. The van der Waals surface area contributed by atoms with E-state index in [0.717, 1.165) is 6.54 Å². The van der Waals surface area contributed by atoms with Crippen molar-refractivity contribution in [1.82, 2.24) is 0 Å². The lowest BCUT2D eigenvalue weighted by atomic mass is 10.4. The van der Waals surface area contributed by atoms with Gasteiger partial charge in [0.15, 0.2) is 0 Å². The van der Waals surface area contributed by atoms with E-state index in [0.29, 0.717) is 0 Å². The maximum Gasteiger partial charge on any atom is 0.0905 e. The zero-order valence-electron chi connectivity index (χ0n) is 6.50. The Hall–Kier alpha value is -0.500. The van der Waals surface area contributed by atoms with Crippen molar-refractivity contribution in [3.63, 3.8) is 0 Å². The maximum atomic E-state index is 2.28. The molecule has 56 valence electrons. The fourth-order valence-electron chi connectivity index (χ4n) is 0.933. The second-order valence-corrected chi connectivity index (χ2v) is 3.30. The van der Waals surface area contributed by atoms with Crippen LogP contribution in [-0.2, 0) is 0 Å². The lowest BCUT2D eigenvalue weighted by molar-refractivity contribution is 0.859. The second-order valence-electron chi connectivity index (χ2n) is 2.37. The molecule has 0 radical (unpaired) electrons. The van der Waals surface area contributed by atoms with Gasteiger partial charge in [0.1, 0.15) is 0 Å². The van der Waals surface area contributed by atoms with E-state index in [1.54, 1.807) is 11.3 Å². The molecule has 10 heavy (non-hydrogen) atoms. The van der Waals surface area contributed by atoms with Crippen molar-refractivity contribution >= 4 is 16.3 Å². The number of anilines is 1. The predicted octanol–water partition coefficient (Wildman–Crippen LogP) is 2.59.